The molecule has 0 aliphatic heterocycles. The Labute approximate surface area is 89.4 Å². The number of amides is 1. The van der Waals surface area contributed by atoms with E-state index in [-0.39, 0.29) is 17.9 Å². The van der Waals surface area contributed by atoms with Gasteiger partial charge in [0.1, 0.15) is 0 Å². The van der Waals surface area contributed by atoms with E-state index >= 15 is 0 Å². The van der Waals surface area contributed by atoms with Crippen LogP contribution in [0.2, 0.25) is 0 Å². The van der Waals surface area contributed by atoms with Crippen LogP contribution in [-0.4, -0.2) is 23.0 Å². The van der Waals surface area contributed by atoms with Crippen LogP contribution in [0, 0.1) is 5.92 Å². The van der Waals surface area contributed by atoms with Crippen molar-refractivity contribution in [3.63, 3.8) is 0 Å². The number of aliphatic carboxylic acids is 1. The van der Waals surface area contributed by atoms with E-state index in [0.29, 0.717) is 12.8 Å². The second-order valence-corrected chi connectivity index (χ2v) is 4.28. The Kier molecular flexibility index (Phi) is 3.88. The smallest absolute Gasteiger partial charge is 0.306 e. The minimum atomic E-state index is -0.756. The fraction of sp³-hybridized carbons (Fsp3) is 0.636. The highest BCUT2D eigenvalue weighted by atomic mass is 16.4. The number of carboxylic acids is 1. The molecule has 1 rings (SSSR count). The molecule has 0 aromatic carbocycles. The topological polar surface area (TPSA) is 66.4 Å². The normalized spacial score (nSPS) is 24.7. The molecule has 0 heterocycles. The fourth-order valence-corrected chi connectivity index (χ4v) is 1.84. The van der Waals surface area contributed by atoms with Crippen molar-refractivity contribution in [3.8, 4) is 0 Å². The third-order valence-electron chi connectivity index (χ3n) is 2.55. The number of allylic oxidation sites excluding steroid dienone is 1. The molecule has 2 atom stereocenters. The van der Waals surface area contributed by atoms with E-state index in [1.165, 1.54) is 6.08 Å². The van der Waals surface area contributed by atoms with Crippen LogP contribution < -0.4 is 5.32 Å². The van der Waals surface area contributed by atoms with Gasteiger partial charge in [0.2, 0.25) is 5.91 Å². The van der Waals surface area contributed by atoms with Crippen molar-refractivity contribution >= 4 is 11.9 Å². The molecule has 0 aromatic rings. The van der Waals surface area contributed by atoms with Crippen LogP contribution in [0.5, 0.6) is 0 Å². The number of carbonyl (C=O) groups excluding carboxylic acids is 1. The summed E-state index contributed by atoms with van der Waals surface area (Å²) in [5.74, 6) is -1.16. The second-order valence-electron chi connectivity index (χ2n) is 4.28. The lowest BCUT2D eigenvalue weighted by atomic mass is 10.1. The Hall–Kier alpha value is -1.32. The van der Waals surface area contributed by atoms with Gasteiger partial charge in [-0.15, -0.1) is 0 Å². The number of hydrogen-bond donors (Lipinski definition) is 2. The van der Waals surface area contributed by atoms with E-state index in [1.807, 2.05) is 13.8 Å². The minimum absolute atomic E-state index is 0.0224. The number of hydrogen-bond acceptors (Lipinski definition) is 2. The highest BCUT2D eigenvalue weighted by Crippen LogP contribution is 2.25. The molecule has 0 spiro atoms. The van der Waals surface area contributed by atoms with Gasteiger partial charge in [0.05, 0.1) is 5.92 Å². The van der Waals surface area contributed by atoms with E-state index in [2.05, 4.69) is 5.32 Å². The van der Waals surface area contributed by atoms with E-state index in [1.54, 1.807) is 0 Å². The molecular formula is C11H17NO3. The molecule has 1 aliphatic rings. The molecule has 0 bridgehead atoms. The van der Waals surface area contributed by atoms with E-state index in [9.17, 15) is 9.59 Å². The highest BCUT2D eigenvalue weighted by molar-refractivity contribution is 5.88. The summed E-state index contributed by atoms with van der Waals surface area (Å²) < 4.78 is 0. The predicted molar refractivity (Wildman–Crippen MR) is 56.3 cm³/mol. The summed E-state index contributed by atoms with van der Waals surface area (Å²) in [4.78, 5) is 22.0. The lowest BCUT2D eigenvalue weighted by molar-refractivity contribution is -0.141. The highest BCUT2D eigenvalue weighted by Gasteiger charge is 2.30. The zero-order valence-electron chi connectivity index (χ0n) is 9.12. The SMILES string of the molecule is CC(C)=CC(=O)N[C@H]1CC[C@H](C(=O)O)C1. The molecular weight excluding hydrogens is 194 g/mol. The summed E-state index contributed by atoms with van der Waals surface area (Å²) >= 11 is 0. The van der Waals surface area contributed by atoms with Crippen molar-refractivity contribution in [3.05, 3.63) is 11.6 Å². The van der Waals surface area contributed by atoms with Gasteiger partial charge in [0, 0.05) is 12.1 Å². The number of carboxylic acid groups (broad SMARTS) is 1. The van der Waals surface area contributed by atoms with Crippen LogP contribution in [0.25, 0.3) is 0 Å². The fourth-order valence-electron chi connectivity index (χ4n) is 1.84. The molecule has 0 aromatic heterocycles. The quantitative estimate of drug-likeness (QED) is 0.692. The first-order valence-corrected chi connectivity index (χ1v) is 5.17. The summed E-state index contributed by atoms with van der Waals surface area (Å²) in [5.41, 5.74) is 0.945. The van der Waals surface area contributed by atoms with Gasteiger partial charge in [0.25, 0.3) is 0 Å². The van der Waals surface area contributed by atoms with E-state index in [4.69, 9.17) is 5.11 Å². The van der Waals surface area contributed by atoms with Gasteiger partial charge in [0.15, 0.2) is 0 Å². The van der Waals surface area contributed by atoms with Gasteiger partial charge >= 0.3 is 5.97 Å². The van der Waals surface area contributed by atoms with Gasteiger partial charge in [-0.05, 0) is 33.1 Å². The maximum absolute atomic E-state index is 11.4. The van der Waals surface area contributed by atoms with E-state index < -0.39 is 5.97 Å². The van der Waals surface area contributed by atoms with Gasteiger partial charge in [-0.3, -0.25) is 9.59 Å². The predicted octanol–water partition coefficient (Wildman–Crippen LogP) is 1.32. The van der Waals surface area contributed by atoms with Gasteiger partial charge in [-0.25, -0.2) is 0 Å². The molecule has 1 amide bonds. The summed E-state index contributed by atoms with van der Waals surface area (Å²) in [6.07, 6.45) is 3.51. The van der Waals surface area contributed by atoms with Crippen LogP contribution in [-0.2, 0) is 9.59 Å². The summed E-state index contributed by atoms with van der Waals surface area (Å²) in [7, 11) is 0. The maximum Gasteiger partial charge on any atom is 0.306 e. The lowest BCUT2D eigenvalue weighted by Crippen LogP contribution is -2.32. The molecule has 0 saturated heterocycles. The number of rotatable bonds is 3. The van der Waals surface area contributed by atoms with Crippen LogP contribution in [0.1, 0.15) is 33.1 Å². The number of carbonyl (C=O) groups is 2. The van der Waals surface area contributed by atoms with Gasteiger partial charge < -0.3 is 10.4 Å². The molecule has 4 heteroatoms. The Morgan fingerprint density at radius 1 is 1.33 bits per heavy atom. The molecule has 0 radical (unpaired) electrons. The first-order chi connectivity index (χ1) is 6.99. The molecule has 2 N–H and O–H groups in total. The Morgan fingerprint density at radius 2 is 2.00 bits per heavy atom. The van der Waals surface area contributed by atoms with Crippen molar-refractivity contribution in [2.75, 3.05) is 0 Å². The summed E-state index contributed by atoms with van der Waals surface area (Å²) in [6, 6.07) is 0.0224. The minimum Gasteiger partial charge on any atom is -0.481 e. The first kappa shape index (κ1) is 11.8. The van der Waals surface area contributed by atoms with Crippen molar-refractivity contribution in [2.45, 2.75) is 39.2 Å². The average molecular weight is 211 g/mol. The summed E-state index contributed by atoms with van der Waals surface area (Å²) in [5, 5.41) is 11.6. The van der Waals surface area contributed by atoms with Crippen LogP contribution in [0.15, 0.2) is 11.6 Å². The van der Waals surface area contributed by atoms with Crippen molar-refractivity contribution in [1.82, 2.24) is 5.32 Å². The third-order valence-corrected chi connectivity index (χ3v) is 2.55. The molecule has 0 unspecified atom stereocenters. The molecule has 1 aliphatic carbocycles. The zero-order chi connectivity index (χ0) is 11.4. The molecule has 1 saturated carbocycles. The Balaban J connectivity index is 2.39. The standard InChI is InChI=1S/C11H17NO3/c1-7(2)5-10(13)12-9-4-3-8(6-9)11(14)15/h5,8-9H,3-4,6H2,1-2H3,(H,12,13)(H,14,15)/t8-,9-/m0/s1. The summed E-state index contributed by atoms with van der Waals surface area (Å²) in [6.45, 7) is 3.71. The zero-order valence-corrected chi connectivity index (χ0v) is 9.12. The van der Waals surface area contributed by atoms with Gasteiger partial charge in [-0.1, -0.05) is 5.57 Å². The third kappa shape index (κ3) is 3.73. The largest absolute Gasteiger partial charge is 0.481 e. The average Bonchev–Trinajstić information content (AvgIpc) is 2.50. The van der Waals surface area contributed by atoms with Gasteiger partial charge in [-0.2, -0.15) is 0 Å². The van der Waals surface area contributed by atoms with Crippen molar-refractivity contribution in [2.24, 2.45) is 5.92 Å². The Morgan fingerprint density at radius 3 is 2.47 bits per heavy atom. The van der Waals surface area contributed by atoms with Crippen LogP contribution >= 0.6 is 0 Å². The maximum atomic E-state index is 11.4. The molecule has 1 fully saturated rings. The molecule has 84 valence electrons. The van der Waals surface area contributed by atoms with Crippen molar-refractivity contribution < 1.29 is 14.7 Å². The monoisotopic (exact) mass is 211 g/mol. The molecule has 15 heavy (non-hydrogen) atoms. The van der Waals surface area contributed by atoms with Crippen LogP contribution in [0.3, 0.4) is 0 Å². The first-order valence-electron chi connectivity index (χ1n) is 5.17. The van der Waals surface area contributed by atoms with E-state index in [0.717, 1.165) is 12.0 Å². The van der Waals surface area contributed by atoms with Crippen molar-refractivity contribution in [1.29, 1.82) is 0 Å². The number of nitrogens with one attached hydrogen (secondary N) is 1. The Bertz CT molecular complexity index is 292. The second kappa shape index (κ2) is 4.96. The lowest BCUT2D eigenvalue weighted by Gasteiger charge is -2.10. The van der Waals surface area contributed by atoms with Crippen LogP contribution in [0.4, 0.5) is 0 Å². The molecule has 4 nitrogen and oxygen atoms in total.